The van der Waals surface area contributed by atoms with Gasteiger partial charge in [-0.2, -0.15) is 0 Å². The molecule has 1 saturated heterocycles. The highest BCUT2D eigenvalue weighted by atomic mass is 35.5. The Bertz CT molecular complexity index is 737. The van der Waals surface area contributed by atoms with Crippen LogP contribution in [0.1, 0.15) is 18.4 Å². The Morgan fingerprint density at radius 3 is 2.58 bits per heavy atom. The summed E-state index contributed by atoms with van der Waals surface area (Å²) in [5.74, 6) is -0.125. The summed E-state index contributed by atoms with van der Waals surface area (Å²) in [6, 6.07) is 11.1. The highest BCUT2D eigenvalue weighted by molar-refractivity contribution is 6.36. The number of likely N-dealkylation sites (tertiary alicyclic amines) is 1. The number of halogens is 1. The minimum absolute atomic E-state index is 0.220. The van der Waals surface area contributed by atoms with E-state index in [9.17, 15) is 9.59 Å². The van der Waals surface area contributed by atoms with Crippen LogP contribution < -0.4 is 4.42 Å². The lowest BCUT2D eigenvalue weighted by atomic mass is 9.96. The average molecular weight is 375 g/mol. The van der Waals surface area contributed by atoms with Gasteiger partial charge < -0.3 is 9.64 Å². The van der Waals surface area contributed by atoms with Crippen molar-refractivity contribution in [1.29, 1.82) is 0 Å². The quantitative estimate of drug-likeness (QED) is 0.769. The van der Waals surface area contributed by atoms with Gasteiger partial charge in [0.2, 0.25) is 5.91 Å². The summed E-state index contributed by atoms with van der Waals surface area (Å²) >= 11 is 6.09. The molecule has 0 N–H and O–H groups in total. The van der Waals surface area contributed by atoms with E-state index in [1.807, 2.05) is 30.3 Å². The number of piperidine rings is 1. The van der Waals surface area contributed by atoms with Crippen molar-refractivity contribution in [3.05, 3.63) is 54.5 Å². The van der Waals surface area contributed by atoms with E-state index >= 15 is 0 Å². The van der Waals surface area contributed by atoms with Gasteiger partial charge in [0.1, 0.15) is 12.9 Å². The van der Waals surface area contributed by atoms with Gasteiger partial charge in [0.15, 0.2) is 5.82 Å². The minimum Gasteiger partial charge on any atom is -0.445 e. The molecule has 1 aromatic heterocycles. The number of benzene rings is 1. The molecule has 1 aliphatic rings. The number of aromatic nitrogens is 2. The van der Waals surface area contributed by atoms with E-state index < -0.39 is 0 Å². The van der Waals surface area contributed by atoms with E-state index in [4.69, 9.17) is 16.5 Å². The third-order valence-corrected chi connectivity index (χ3v) is 4.61. The SMILES string of the molecule is O=C(OCc1ccccc1)N1CCC(C(=O)N(Cl)c2ccncn2)CC1. The van der Waals surface area contributed by atoms with Crippen LogP contribution in [0, 0.1) is 5.92 Å². The van der Waals surface area contributed by atoms with Crippen molar-refractivity contribution in [1.82, 2.24) is 14.9 Å². The largest absolute Gasteiger partial charge is 0.445 e. The second-order valence-electron chi connectivity index (χ2n) is 5.99. The van der Waals surface area contributed by atoms with Gasteiger partial charge in [-0.1, -0.05) is 30.3 Å². The number of hydrogen-bond acceptors (Lipinski definition) is 5. The summed E-state index contributed by atoms with van der Waals surface area (Å²) in [7, 11) is 0. The van der Waals surface area contributed by atoms with Crippen molar-refractivity contribution in [2.24, 2.45) is 5.92 Å². The maximum atomic E-state index is 12.5. The first kappa shape index (κ1) is 18.1. The Kier molecular flexibility index (Phi) is 6.01. The first-order valence-corrected chi connectivity index (χ1v) is 8.70. The molecular weight excluding hydrogens is 356 g/mol. The molecule has 2 heterocycles. The van der Waals surface area contributed by atoms with Gasteiger partial charge in [0, 0.05) is 43.0 Å². The van der Waals surface area contributed by atoms with Crippen LogP contribution in [0.15, 0.2) is 48.9 Å². The molecule has 0 spiro atoms. The van der Waals surface area contributed by atoms with Crippen molar-refractivity contribution < 1.29 is 14.3 Å². The number of carbonyl (C=O) groups excluding carboxylic acids is 2. The topological polar surface area (TPSA) is 75.6 Å². The highest BCUT2D eigenvalue weighted by Gasteiger charge is 2.31. The monoisotopic (exact) mass is 374 g/mol. The number of anilines is 1. The molecule has 0 atom stereocenters. The molecule has 2 aromatic rings. The number of carbonyl (C=O) groups is 2. The average Bonchev–Trinajstić information content (AvgIpc) is 2.72. The lowest BCUT2D eigenvalue weighted by Gasteiger charge is -2.31. The van der Waals surface area contributed by atoms with Crippen molar-refractivity contribution >= 4 is 29.6 Å². The van der Waals surface area contributed by atoms with E-state index in [1.165, 1.54) is 12.5 Å². The van der Waals surface area contributed by atoms with E-state index in [1.54, 1.807) is 11.0 Å². The molecule has 0 radical (unpaired) electrons. The van der Waals surface area contributed by atoms with Gasteiger partial charge in [-0.05, 0) is 18.4 Å². The van der Waals surface area contributed by atoms with E-state index in [0.29, 0.717) is 31.7 Å². The van der Waals surface area contributed by atoms with E-state index in [2.05, 4.69) is 9.97 Å². The Hall–Kier alpha value is -2.67. The fourth-order valence-corrected chi connectivity index (χ4v) is 3.03. The molecule has 1 aromatic carbocycles. The molecule has 0 bridgehead atoms. The Balaban J connectivity index is 1.47. The molecule has 0 saturated carbocycles. The zero-order valence-electron chi connectivity index (χ0n) is 14.1. The lowest BCUT2D eigenvalue weighted by molar-refractivity contribution is -0.122. The Labute approximate surface area is 156 Å². The van der Waals surface area contributed by atoms with Crippen molar-refractivity contribution in [2.75, 3.05) is 17.5 Å². The fourth-order valence-electron chi connectivity index (χ4n) is 2.79. The number of hydrogen-bond donors (Lipinski definition) is 0. The lowest BCUT2D eigenvalue weighted by Crippen LogP contribution is -2.42. The minimum atomic E-state index is -0.363. The summed E-state index contributed by atoms with van der Waals surface area (Å²) < 4.78 is 6.35. The zero-order valence-corrected chi connectivity index (χ0v) is 14.9. The molecule has 26 heavy (non-hydrogen) atoms. The van der Waals surface area contributed by atoms with Crippen LogP contribution in [0.2, 0.25) is 0 Å². The van der Waals surface area contributed by atoms with Crippen molar-refractivity contribution in [3.8, 4) is 0 Å². The first-order chi connectivity index (χ1) is 12.6. The van der Waals surface area contributed by atoms with Gasteiger partial charge in [0.25, 0.3) is 0 Å². The normalized spacial score (nSPS) is 14.7. The zero-order chi connectivity index (χ0) is 18.4. The maximum Gasteiger partial charge on any atom is 0.410 e. The van der Waals surface area contributed by atoms with Crippen LogP contribution in [0.25, 0.3) is 0 Å². The van der Waals surface area contributed by atoms with Crippen LogP contribution in [0.5, 0.6) is 0 Å². The number of ether oxygens (including phenoxy) is 1. The number of amides is 2. The Morgan fingerprint density at radius 2 is 1.92 bits per heavy atom. The second-order valence-corrected chi connectivity index (χ2v) is 6.33. The first-order valence-electron chi connectivity index (χ1n) is 8.36. The van der Waals surface area contributed by atoms with Gasteiger partial charge >= 0.3 is 6.09 Å². The molecule has 2 amide bonds. The summed E-state index contributed by atoms with van der Waals surface area (Å²) in [6.07, 6.45) is 3.57. The third kappa shape index (κ3) is 4.49. The summed E-state index contributed by atoms with van der Waals surface area (Å²) in [6.45, 7) is 1.15. The molecule has 0 unspecified atom stereocenters. The van der Waals surface area contributed by atoms with Crippen LogP contribution in [0.3, 0.4) is 0 Å². The molecule has 0 aliphatic carbocycles. The predicted molar refractivity (Wildman–Crippen MR) is 96.3 cm³/mol. The molecule has 1 aliphatic heterocycles. The van der Waals surface area contributed by atoms with Crippen LogP contribution >= 0.6 is 11.8 Å². The van der Waals surface area contributed by atoms with E-state index in [0.717, 1.165) is 9.98 Å². The fraction of sp³-hybridized carbons (Fsp3) is 0.333. The van der Waals surface area contributed by atoms with Crippen molar-refractivity contribution in [2.45, 2.75) is 19.4 Å². The third-order valence-electron chi connectivity index (χ3n) is 4.27. The second kappa shape index (κ2) is 8.62. The van der Waals surface area contributed by atoms with E-state index in [-0.39, 0.29) is 24.5 Å². The van der Waals surface area contributed by atoms with Gasteiger partial charge in [0.05, 0.1) is 0 Å². The van der Waals surface area contributed by atoms with Crippen LogP contribution in [-0.4, -0.2) is 40.0 Å². The molecule has 1 fully saturated rings. The predicted octanol–water partition coefficient (Wildman–Crippen LogP) is 3.01. The number of rotatable bonds is 4. The Morgan fingerprint density at radius 1 is 1.19 bits per heavy atom. The molecule has 136 valence electrons. The summed E-state index contributed by atoms with van der Waals surface area (Å²) in [5.41, 5.74) is 0.938. The molecule has 3 rings (SSSR count). The van der Waals surface area contributed by atoms with Gasteiger partial charge in [-0.15, -0.1) is 0 Å². The highest BCUT2D eigenvalue weighted by Crippen LogP contribution is 2.24. The van der Waals surface area contributed by atoms with Crippen LogP contribution in [0.4, 0.5) is 10.6 Å². The van der Waals surface area contributed by atoms with Gasteiger partial charge in [-0.3, -0.25) is 4.79 Å². The van der Waals surface area contributed by atoms with Gasteiger partial charge in [-0.25, -0.2) is 19.2 Å². The summed E-state index contributed by atoms with van der Waals surface area (Å²) in [4.78, 5) is 34.0. The summed E-state index contributed by atoms with van der Waals surface area (Å²) in [5, 5.41) is 0. The number of nitrogens with zero attached hydrogens (tertiary/aromatic N) is 4. The molecular formula is C18H19ClN4O3. The standard InChI is InChI=1S/C18H19ClN4O3/c19-23(16-6-9-20-13-21-16)17(24)15-7-10-22(11-8-15)18(25)26-12-14-4-2-1-3-5-14/h1-6,9,13,15H,7-8,10-12H2. The maximum absolute atomic E-state index is 12.5. The smallest absolute Gasteiger partial charge is 0.410 e. The molecule has 7 nitrogen and oxygen atoms in total. The molecule has 8 heteroatoms. The van der Waals surface area contributed by atoms with Crippen molar-refractivity contribution in [3.63, 3.8) is 0 Å². The van der Waals surface area contributed by atoms with Crippen LogP contribution in [-0.2, 0) is 16.1 Å².